The molecule has 3 heteroatoms. The van der Waals surface area contributed by atoms with Crippen molar-refractivity contribution in [2.75, 3.05) is 0 Å². The van der Waals surface area contributed by atoms with Gasteiger partial charge in [0.1, 0.15) is 0 Å². The molecule has 0 heterocycles. The highest BCUT2D eigenvalue weighted by atomic mass is 16.3. The van der Waals surface area contributed by atoms with Crippen LogP contribution in [0.4, 0.5) is 0 Å². The molecule has 2 N–H and O–H groups in total. The largest absolute Gasteiger partial charge is 0.391 e. The third-order valence-electron chi connectivity index (χ3n) is 4.09. The molecule has 1 aromatic carbocycles. The molecule has 1 aliphatic rings. The molecule has 1 fully saturated rings. The summed E-state index contributed by atoms with van der Waals surface area (Å²) in [6, 6.07) is 8.13. The van der Waals surface area contributed by atoms with Crippen LogP contribution in [0.25, 0.3) is 6.08 Å². The Kier molecular flexibility index (Phi) is 5.57. The highest BCUT2D eigenvalue weighted by Crippen LogP contribution is 2.18. The number of rotatable bonds is 4. The van der Waals surface area contributed by atoms with Gasteiger partial charge in [0.2, 0.25) is 5.91 Å². The van der Waals surface area contributed by atoms with Crippen LogP contribution in [0.5, 0.6) is 0 Å². The Balaban J connectivity index is 1.89. The van der Waals surface area contributed by atoms with E-state index in [4.69, 9.17) is 0 Å². The van der Waals surface area contributed by atoms with Gasteiger partial charge in [0.05, 0.1) is 12.1 Å². The van der Waals surface area contributed by atoms with Crippen molar-refractivity contribution in [1.82, 2.24) is 5.32 Å². The van der Waals surface area contributed by atoms with Crippen LogP contribution in [0.2, 0.25) is 0 Å². The van der Waals surface area contributed by atoms with E-state index in [0.29, 0.717) is 5.92 Å². The first-order valence-electron chi connectivity index (χ1n) is 7.83. The minimum Gasteiger partial charge on any atom is -0.391 e. The van der Waals surface area contributed by atoms with Gasteiger partial charge in [-0.05, 0) is 36.0 Å². The number of amides is 1. The first-order valence-corrected chi connectivity index (χ1v) is 7.83. The van der Waals surface area contributed by atoms with E-state index in [1.165, 1.54) is 5.56 Å². The SMILES string of the molecule is CC(C)c1ccc(/C=C/C(=O)N[C@@H]2CCCC[C@H]2O)cc1. The molecule has 0 aliphatic heterocycles. The lowest BCUT2D eigenvalue weighted by Gasteiger charge is -2.27. The van der Waals surface area contributed by atoms with Crippen molar-refractivity contribution in [3.63, 3.8) is 0 Å². The van der Waals surface area contributed by atoms with Crippen LogP contribution in [0.15, 0.2) is 30.3 Å². The van der Waals surface area contributed by atoms with Crippen molar-refractivity contribution >= 4 is 12.0 Å². The maximum absolute atomic E-state index is 11.9. The summed E-state index contributed by atoms with van der Waals surface area (Å²) >= 11 is 0. The van der Waals surface area contributed by atoms with Crippen LogP contribution >= 0.6 is 0 Å². The van der Waals surface area contributed by atoms with E-state index in [0.717, 1.165) is 31.2 Å². The van der Waals surface area contributed by atoms with Gasteiger partial charge in [-0.2, -0.15) is 0 Å². The molecule has 1 aliphatic carbocycles. The minimum absolute atomic E-state index is 0.0979. The van der Waals surface area contributed by atoms with Crippen molar-refractivity contribution < 1.29 is 9.90 Å². The predicted octanol–water partition coefficient (Wildman–Crippen LogP) is 3.24. The first-order chi connectivity index (χ1) is 10.1. The molecule has 1 aromatic rings. The number of benzene rings is 1. The van der Waals surface area contributed by atoms with Gasteiger partial charge >= 0.3 is 0 Å². The smallest absolute Gasteiger partial charge is 0.244 e. The van der Waals surface area contributed by atoms with Crippen LogP contribution in [0, 0.1) is 0 Å². The second kappa shape index (κ2) is 7.41. The molecule has 0 aromatic heterocycles. The van der Waals surface area contributed by atoms with Crippen molar-refractivity contribution in [2.24, 2.45) is 0 Å². The number of carbonyl (C=O) groups excluding carboxylic acids is 1. The molecule has 1 amide bonds. The van der Waals surface area contributed by atoms with Gasteiger partial charge in [0.15, 0.2) is 0 Å². The van der Waals surface area contributed by atoms with Gasteiger partial charge in [0.25, 0.3) is 0 Å². The Morgan fingerprint density at radius 2 is 1.90 bits per heavy atom. The quantitative estimate of drug-likeness (QED) is 0.835. The van der Waals surface area contributed by atoms with E-state index in [9.17, 15) is 9.90 Å². The Morgan fingerprint density at radius 1 is 1.24 bits per heavy atom. The second-order valence-electron chi connectivity index (χ2n) is 6.12. The summed E-state index contributed by atoms with van der Waals surface area (Å²) in [5.41, 5.74) is 2.31. The van der Waals surface area contributed by atoms with Crippen LogP contribution in [-0.4, -0.2) is 23.2 Å². The Hall–Kier alpha value is -1.61. The van der Waals surface area contributed by atoms with Crippen LogP contribution < -0.4 is 5.32 Å². The molecule has 21 heavy (non-hydrogen) atoms. The van der Waals surface area contributed by atoms with E-state index < -0.39 is 6.10 Å². The van der Waals surface area contributed by atoms with Gasteiger partial charge in [-0.25, -0.2) is 0 Å². The zero-order valence-corrected chi connectivity index (χ0v) is 12.9. The summed E-state index contributed by atoms with van der Waals surface area (Å²) in [5.74, 6) is 0.382. The number of nitrogens with one attached hydrogen (secondary N) is 1. The fourth-order valence-electron chi connectivity index (χ4n) is 2.67. The van der Waals surface area contributed by atoms with Crippen LogP contribution in [-0.2, 0) is 4.79 Å². The van der Waals surface area contributed by atoms with E-state index >= 15 is 0 Å². The zero-order chi connectivity index (χ0) is 15.2. The van der Waals surface area contributed by atoms with E-state index in [1.807, 2.05) is 18.2 Å². The summed E-state index contributed by atoms with van der Waals surface area (Å²) in [6.45, 7) is 4.32. The van der Waals surface area contributed by atoms with Gasteiger partial charge in [-0.3, -0.25) is 4.79 Å². The monoisotopic (exact) mass is 287 g/mol. The van der Waals surface area contributed by atoms with Crippen LogP contribution in [0.3, 0.4) is 0 Å². The highest BCUT2D eigenvalue weighted by Gasteiger charge is 2.23. The molecule has 0 unspecified atom stereocenters. The standard InChI is InChI=1S/C18H25NO2/c1-13(2)15-10-7-14(8-11-15)9-12-18(21)19-16-5-3-4-6-17(16)20/h7-13,16-17,20H,3-6H2,1-2H3,(H,19,21)/b12-9+/t16-,17-/m1/s1. The topological polar surface area (TPSA) is 49.3 Å². The van der Waals surface area contributed by atoms with E-state index in [2.05, 4.69) is 31.3 Å². The predicted molar refractivity (Wildman–Crippen MR) is 86.0 cm³/mol. The first kappa shape index (κ1) is 15.8. The fraction of sp³-hybridized carbons (Fsp3) is 0.500. The lowest BCUT2D eigenvalue weighted by atomic mass is 9.92. The highest BCUT2D eigenvalue weighted by molar-refractivity contribution is 5.91. The average molecular weight is 287 g/mol. The fourth-order valence-corrected chi connectivity index (χ4v) is 2.67. The Morgan fingerprint density at radius 3 is 2.52 bits per heavy atom. The maximum atomic E-state index is 11.9. The van der Waals surface area contributed by atoms with Crippen LogP contribution in [0.1, 0.15) is 56.6 Å². The number of aliphatic hydroxyl groups is 1. The lowest BCUT2D eigenvalue weighted by Crippen LogP contribution is -2.44. The number of hydrogen-bond acceptors (Lipinski definition) is 2. The molecule has 114 valence electrons. The summed E-state index contributed by atoms with van der Waals surface area (Å²) in [4.78, 5) is 11.9. The summed E-state index contributed by atoms with van der Waals surface area (Å²) < 4.78 is 0. The molecule has 0 spiro atoms. The minimum atomic E-state index is -0.401. The summed E-state index contributed by atoms with van der Waals surface area (Å²) in [6.07, 6.45) is 6.73. The second-order valence-corrected chi connectivity index (χ2v) is 6.12. The number of carbonyl (C=O) groups is 1. The van der Waals surface area contributed by atoms with E-state index in [-0.39, 0.29) is 11.9 Å². The molecule has 0 bridgehead atoms. The van der Waals surface area contributed by atoms with Crippen molar-refractivity contribution in [3.8, 4) is 0 Å². The lowest BCUT2D eigenvalue weighted by molar-refractivity contribution is -0.118. The summed E-state index contributed by atoms with van der Waals surface area (Å²) in [7, 11) is 0. The molecule has 3 nitrogen and oxygen atoms in total. The Labute approximate surface area is 127 Å². The molecule has 2 atom stereocenters. The third-order valence-corrected chi connectivity index (χ3v) is 4.09. The molecule has 0 saturated heterocycles. The van der Waals surface area contributed by atoms with Crippen molar-refractivity contribution in [1.29, 1.82) is 0 Å². The van der Waals surface area contributed by atoms with Gasteiger partial charge in [-0.15, -0.1) is 0 Å². The molecule has 0 radical (unpaired) electrons. The van der Waals surface area contributed by atoms with E-state index in [1.54, 1.807) is 6.08 Å². The number of hydrogen-bond donors (Lipinski definition) is 2. The summed E-state index contributed by atoms with van der Waals surface area (Å²) in [5, 5.41) is 12.7. The van der Waals surface area contributed by atoms with Crippen molar-refractivity contribution in [3.05, 3.63) is 41.5 Å². The normalized spacial score (nSPS) is 22.7. The molecule has 1 saturated carbocycles. The molecular weight excluding hydrogens is 262 g/mol. The average Bonchev–Trinajstić information content (AvgIpc) is 2.48. The van der Waals surface area contributed by atoms with Gasteiger partial charge < -0.3 is 10.4 Å². The number of aliphatic hydroxyl groups excluding tert-OH is 1. The Bertz CT molecular complexity index is 490. The van der Waals surface area contributed by atoms with Gasteiger partial charge in [0, 0.05) is 6.08 Å². The van der Waals surface area contributed by atoms with Gasteiger partial charge in [-0.1, -0.05) is 51.0 Å². The molecule has 2 rings (SSSR count). The third kappa shape index (κ3) is 4.71. The zero-order valence-electron chi connectivity index (χ0n) is 12.9. The maximum Gasteiger partial charge on any atom is 0.244 e. The van der Waals surface area contributed by atoms with Crippen molar-refractivity contribution in [2.45, 2.75) is 57.6 Å². The molecular formula is C18H25NO2.